The Bertz CT molecular complexity index is 187. The normalized spacial score (nSPS) is 26.1. The Morgan fingerprint density at radius 3 is 3.08 bits per heavy atom. The minimum absolute atomic E-state index is 0.399. The van der Waals surface area contributed by atoms with Gasteiger partial charge < -0.3 is 0 Å². The molecule has 3 heteroatoms. The number of rotatable bonds is 0. The van der Waals surface area contributed by atoms with Gasteiger partial charge in [-0.3, -0.25) is 4.79 Å². The summed E-state index contributed by atoms with van der Waals surface area (Å²) < 4.78 is 0. The van der Waals surface area contributed by atoms with Crippen LogP contribution >= 0.6 is 23.5 Å². The summed E-state index contributed by atoms with van der Waals surface area (Å²) >= 11 is 3.67. The Labute approximate surface area is 82.4 Å². The van der Waals surface area contributed by atoms with E-state index < -0.39 is 0 Å². The van der Waals surface area contributed by atoms with Gasteiger partial charge in [0.15, 0.2) is 0 Å². The van der Waals surface area contributed by atoms with Gasteiger partial charge in [-0.2, -0.15) is 11.8 Å². The topological polar surface area (TPSA) is 17.1 Å². The predicted octanol–water partition coefficient (Wildman–Crippen LogP) is 2.72. The quantitative estimate of drug-likeness (QED) is 0.601. The van der Waals surface area contributed by atoms with Crippen LogP contribution in [0.1, 0.15) is 19.8 Å². The van der Waals surface area contributed by atoms with Crippen molar-refractivity contribution < 1.29 is 4.79 Å². The molecule has 0 aromatic rings. The van der Waals surface area contributed by atoms with Crippen LogP contribution in [0.4, 0.5) is 0 Å². The smallest absolute Gasteiger partial charge is 0.143 e. The minimum Gasteiger partial charge on any atom is -0.299 e. The maximum Gasteiger partial charge on any atom is 0.143 e. The van der Waals surface area contributed by atoms with E-state index in [2.05, 4.69) is 13.0 Å². The van der Waals surface area contributed by atoms with Crippen molar-refractivity contribution >= 4 is 29.3 Å². The van der Waals surface area contributed by atoms with Crippen LogP contribution < -0.4 is 0 Å². The summed E-state index contributed by atoms with van der Waals surface area (Å²) in [6.07, 6.45) is 3.83. The average Bonchev–Trinajstić information content (AvgIpc) is 2.04. The zero-order chi connectivity index (χ0) is 8.81. The Kier molecular flexibility index (Phi) is 4.84. The van der Waals surface area contributed by atoms with Gasteiger partial charge in [0.2, 0.25) is 0 Å². The van der Waals surface area contributed by atoms with E-state index in [9.17, 15) is 4.79 Å². The van der Waals surface area contributed by atoms with Crippen LogP contribution in [0.5, 0.6) is 0 Å². The van der Waals surface area contributed by atoms with Gasteiger partial charge in [-0.1, -0.05) is 6.08 Å². The molecular weight excluding hydrogens is 188 g/mol. The Hall–Kier alpha value is 0.110. The highest BCUT2D eigenvalue weighted by Gasteiger charge is 2.03. The number of thioether (sulfide) groups is 2. The van der Waals surface area contributed by atoms with Crippen molar-refractivity contribution in [1.82, 2.24) is 0 Å². The van der Waals surface area contributed by atoms with E-state index in [1.54, 1.807) is 11.8 Å². The van der Waals surface area contributed by atoms with Crippen LogP contribution in [0.25, 0.3) is 0 Å². The Morgan fingerprint density at radius 1 is 1.42 bits per heavy atom. The third-order valence-electron chi connectivity index (χ3n) is 1.68. The van der Waals surface area contributed by atoms with Gasteiger partial charge in [0.05, 0.1) is 5.75 Å². The number of hydrogen-bond acceptors (Lipinski definition) is 3. The van der Waals surface area contributed by atoms with Crippen molar-refractivity contribution in [2.45, 2.75) is 19.8 Å². The van der Waals surface area contributed by atoms with Crippen molar-refractivity contribution in [3.05, 3.63) is 11.0 Å². The molecule has 0 aromatic heterocycles. The number of hydrogen-bond donors (Lipinski definition) is 0. The first-order chi connectivity index (χ1) is 5.79. The van der Waals surface area contributed by atoms with Crippen LogP contribution in [0.3, 0.4) is 0 Å². The van der Waals surface area contributed by atoms with Gasteiger partial charge in [-0.05, 0) is 18.2 Å². The number of ketones is 1. The molecule has 0 atom stereocenters. The molecule has 0 saturated carbocycles. The lowest BCUT2D eigenvalue weighted by molar-refractivity contribution is -0.116. The van der Waals surface area contributed by atoms with E-state index in [0.29, 0.717) is 11.5 Å². The summed E-state index contributed by atoms with van der Waals surface area (Å²) in [6, 6.07) is 0. The molecule has 1 heterocycles. The fourth-order valence-corrected chi connectivity index (χ4v) is 2.89. The Balaban J connectivity index is 2.41. The molecule has 0 aliphatic carbocycles. The zero-order valence-electron chi connectivity index (χ0n) is 7.34. The van der Waals surface area contributed by atoms with Crippen molar-refractivity contribution in [3.63, 3.8) is 0 Å². The molecule has 1 nitrogen and oxygen atoms in total. The second-order valence-corrected chi connectivity index (χ2v) is 5.24. The summed E-state index contributed by atoms with van der Waals surface area (Å²) in [4.78, 5) is 12.5. The van der Waals surface area contributed by atoms with Crippen LogP contribution in [-0.4, -0.2) is 23.0 Å². The lowest BCUT2D eigenvalue weighted by atomic mass is 10.2. The van der Waals surface area contributed by atoms with E-state index in [1.165, 1.54) is 4.91 Å². The van der Waals surface area contributed by atoms with Gasteiger partial charge in [-0.15, -0.1) is 11.8 Å². The average molecular weight is 202 g/mol. The first-order valence-electron chi connectivity index (χ1n) is 4.18. The molecule has 0 bridgehead atoms. The molecular formula is C9H14OS2. The maximum atomic E-state index is 11.2. The van der Waals surface area contributed by atoms with Crippen LogP contribution in [0.2, 0.25) is 0 Å². The summed E-state index contributed by atoms with van der Waals surface area (Å²) in [7, 11) is 0. The molecule has 1 aliphatic heterocycles. The highest BCUT2D eigenvalue weighted by atomic mass is 32.2. The van der Waals surface area contributed by atoms with E-state index in [4.69, 9.17) is 0 Å². The van der Waals surface area contributed by atoms with Gasteiger partial charge in [0, 0.05) is 17.9 Å². The van der Waals surface area contributed by atoms with Crippen LogP contribution in [0.15, 0.2) is 11.0 Å². The zero-order valence-corrected chi connectivity index (χ0v) is 8.97. The second-order valence-electron chi connectivity index (χ2n) is 2.79. The summed E-state index contributed by atoms with van der Waals surface area (Å²) in [5.41, 5.74) is 0. The van der Waals surface area contributed by atoms with Crippen molar-refractivity contribution in [2.24, 2.45) is 0 Å². The third kappa shape index (κ3) is 4.21. The highest BCUT2D eigenvalue weighted by Crippen LogP contribution is 2.19. The van der Waals surface area contributed by atoms with E-state index in [-0.39, 0.29) is 0 Å². The number of Topliss-reactive ketones (excluding diaryl/α,β-unsaturated/α-hetero) is 1. The van der Waals surface area contributed by atoms with Gasteiger partial charge in [-0.25, -0.2) is 0 Å². The first-order valence-corrected chi connectivity index (χ1v) is 6.32. The van der Waals surface area contributed by atoms with E-state index in [1.807, 2.05) is 11.8 Å². The van der Waals surface area contributed by atoms with Crippen LogP contribution in [-0.2, 0) is 4.79 Å². The molecule has 0 saturated heterocycles. The molecule has 0 N–H and O–H groups in total. The van der Waals surface area contributed by atoms with Crippen molar-refractivity contribution in [2.75, 3.05) is 17.3 Å². The fourth-order valence-electron chi connectivity index (χ4n) is 1.02. The molecule has 0 fully saturated rings. The number of allylic oxidation sites excluding steroid dienone is 2. The van der Waals surface area contributed by atoms with E-state index in [0.717, 1.165) is 24.3 Å². The highest BCUT2D eigenvalue weighted by molar-refractivity contribution is 8.05. The molecule has 0 radical (unpaired) electrons. The predicted molar refractivity (Wildman–Crippen MR) is 57.8 cm³/mol. The molecule has 0 aromatic carbocycles. The summed E-state index contributed by atoms with van der Waals surface area (Å²) in [5.74, 6) is 3.35. The van der Waals surface area contributed by atoms with Gasteiger partial charge in [0.1, 0.15) is 5.78 Å². The van der Waals surface area contributed by atoms with Gasteiger partial charge in [0.25, 0.3) is 0 Å². The standard InChI is InChI=1S/C9H14OS2/c1-8-3-2-4-9(10)7-11-5-6-12-8/h3H,2,4-7H2,1H3/b8-3+. The molecule has 0 spiro atoms. The largest absolute Gasteiger partial charge is 0.299 e. The Morgan fingerprint density at radius 2 is 2.25 bits per heavy atom. The molecule has 68 valence electrons. The SMILES string of the molecule is C/C1=C\CCC(=O)CSCCS1. The number of carbonyl (C=O) groups is 1. The monoisotopic (exact) mass is 202 g/mol. The molecule has 0 unspecified atom stereocenters. The molecule has 1 aliphatic rings. The summed E-state index contributed by atoms with van der Waals surface area (Å²) in [6.45, 7) is 2.13. The molecule has 0 amide bonds. The maximum absolute atomic E-state index is 11.2. The number of carbonyl (C=O) groups excluding carboxylic acids is 1. The fraction of sp³-hybridized carbons (Fsp3) is 0.667. The van der Waals surface area contributed by atoms with Gasteiger partial charge >= 0.3 is 0 Å². The third-order valence-corrected chi connectivity index (χ3v) is 3.98. The van der Waals surface area contributed by atoms with E-state index >= 15 is 0 Å². The van der Waals surface area contributed by atoms with Crippen molar-refractivity contribution in [1.29, 1.82) is 0 Å². The van der Waals surface area contributed by atoms with Crippen molar-refractivity contribution in [3.8, 4) is 0 Å². The minimum atomic E-state index is 0.399. The summed E-state index contributed by atoms with van der Waals surface area (Å²) in [5, 5.41) is 0. The van der Waals surface area contributed by atoms with Crippen LogP contribution in [0, 0.1) is 0 Å². The molecule has 1 rings (SSSR count). The lowest BCUT2D eigenvalue weighted by Gasteiger charge is -2.05. The second kappa shape index (κ2) is 5.70. The molecule has 12 heavy (non-hydrogen) atoms. The first kappa shape index (κ1) is 10.2. The lowest BCUT2D eigenvalue weighted by Crippen LogP contribution is -2.02.